The van der Waals surface area contributed by atoms with Crippen molar-refractivity contribution >= 4 is 11.7 Å². The molecule has 0 radical (unpaired) electrons. The van der Waals surface area contributed by atoms with Crippen LogP contribution < -0.4 is 4.90 Å². The third kappa shape index (κ3) is 3.33. The number of hydrogen-bond acceptors (Lipinski definition) is 5. The number of carbonyl (C=O) groups excluding carboxylic acids is 1. The Kier molecular flexibility index (Phi) is 4.27. The summed E-state index contributed by atoms with van der Waals surface area (Å²) in [6, 6.07) is 4.23. The van der Waals surface area contributed by atoms with E-state index in [1.54, 1.807) is 17.1 Å². The first-order chi connectivity index (χ1) is 11.0. The monoisotopic (exact) mass is 314 g/mol. The predicted molar refractivity (Wildman–Crippen MR) is 87.3 cm³/mol. The zero-order chi connectivity index (χ0) is 16.4. The van der Waals surface area contributed by atoms with E-state index in [9.17, 15) is 4.79 Å². The van der Waals surface area contributed by atoms with Gasteiger partial charge in [0.05, 0.1) is 17.5 Å². The zero-order valence-electron chi connectivity index (χ0n) is 13.8. The molecule has 0 bridgehead atoms. The maximum absolute atomic E-state index is 12.5. The molecule has 122 valence electrons. The maximum atomic E-state index is 12.5. The summed E-state index contributed by atoms with van der Waals surface area (Å²) in [6.07, 6.45) is 5.24. The van der Waals surface area contributed by atoms with Gasteiger partial charge in [-0.1, -0.05) is 0 Å². The SMILES string of the molecule is Cc1ccc(N2CCC(N(C)C(=O)c3cnn(C)c3)CC2)nn1. The lowest BCUT2D eigenvalue weighted by molar-refractivity contribution is 0.0709. The van der Waals surface area contributed by atoms with Gasteiger partial charge in [-0.05, 0) is 31.9 Å². The Labute approximate surface area is 135 Å². The summed E-state index contributed by atoms with van der Waals surface area (Å²) in [5.41, 5.74) is 1.56. The van der Waals surface area contributed by atoms with E-state index < -0.39 is 0 Å². The normalized spacial score (nSPS) is 15.7. The van der Waals surface area contributed by atoms with Crippen LogP contribution in [-0.2, 0) is 7.05 Å². The van der Waals surface area contributed by atoms with E-state index in [0.717, 1.165) is 37.4 Å². The van der Waals surface area contributed by atoms with Crippen LogP contribution in [0, 0.1) is 6.92 Å². The first kappa shape index (κ1) is 15.5. The highest BCUT2D eigenvalue weighted by atomic mass is 16.2. The zero-order valence-corrected chi connectivity index (χ0v) is 13.8. The van der Waals surface area contributed by atoms with Gasteiger partial charge in [0.2, 0.25) is 0 Å². The lowest BCUT2D eigenvalue weighted by Crippen LogP contribution is -2.45. The highest BCUT2D eigenvalue weighted by molar-refractivity contribution is 5.93. The summed E-state index contributed by atoms with van der Waals surface area (Å²) in [6.45, 7) is 3.70. The first-order valence-corrected chi connectivity index (χ1v) is 7.85. The molecule has 2 aromatic heterocycles. The minimum atomic E-state index is 0.0340. The molecule has 7 nitrogen and oxygen atoms in total. The van der Waals surface area contributed by atoms with Gasteiger partial charge >= 0.3 is 0 Å². The fourth-order valence-electron chi connectivity index (χ4n) is 2.94. The fraction of sp³-hybridized carbons (Fsp3) is 0.500. The van der Waals surface area contributed by atoms with Crippen molar-refractivity contribution in [2.75, 3.05) is 25.0 Å². The van der Waals surface area contributed by atoms with Crippen molar-refractivity contribution in [3.63, 3.8) is 0 Å². The largest absolute Gasteiger partial charge is 0.355 e. The van der Waals surface area contributed by atoms with Gasteiger partial charge in [0.25, 0.3) is 5.91 Å². The molecule has 0 aromatic carbocycles. The molecule has 1 amide bonds. The topological polar surface area (TPSA) is 67.2 Å². The molecule has 3 rings (SSSR count). The Balaban J connectivity index is 1.60. The van der Waals surface area contributed by atoms with Gasteiger partial charge in [0, 0.05) is 39.4 Å². The molecular formula is C16H22N6O. The van der Waals surface area contributed by atoms with E-state index in [2.05, 4.69) is 20.2 Å². The van der Waals surface area contributed by atoms with E-state index in [4.69, 9.17) is 0 Å². The Morgan fingerprint density at radius 1 is 1.26 bits per heavy atom. The smallest absolute Gasteiger partial charge is 0.257 e. The standard InChI is InChI=1S/C16H22N6O/c1-12-4-5-15(19-18-12)22-8-6-14(7-9-22)21(3)16(23)13-10-17-20(2)11-13/h4-5,10-11,14H,6-9H2,1-3H3. The fourth-order valence-corrected chi connectivity index (χ4v) is 2.94. The van der Waals surface area contributed by atoms with E-state index in [-0.39, 0.29) is 11.9 Å². The number of nitrogens with zero attached hydrogens (tertiary/aromatic N) is 6. The highest BCUT2D eigenvalue weighted by Crippen LogP contribution is 2.21. The number of anilines is 1. The van der Waals surface area contributed by atoms with Crippen molar-refractivity contribution in [3.8, 4) is 0 Å². The van der Waals surface area contributed by atoms with Crippen LogP contribution in [-0.4, -0.2) is 57.0 Å². The van der Waals surface area contributed by atoms with Gasteiger partial charge in [0.1, 0.15) is 0 Å². The predicted octanol–water partition coefficient (Wildman–Crippen LogP) is 1.26. The third-order valence-corrected chi connectivity index (χ3v) is 4.39. The van der Waals surface area contributed by atoms with Crippen LogP contribution in [0.25, 0.3) is 0 Å². The first-order valence-electron chi connectivity index (χ1n) is 7.85. The van der Waals surface area contributed by atoms with Gasteiger partial charge in [-0.3, -0.25) is 9.48 Å². The molecule has 0 unspecified atom stereocenters. The molecule has 7 heteroatoms. The Bertz CT molecular complexity index is 672. The highest BCUT2D eigenvalue weighted by Gasteiger charge is 2.27. The third-order valence-electron chi connectivity index (χ3n) is 4.39. The van der Waals surface area contributed by atoms with Crippen LogP contribution in [0.1, 0.15) is 28.9 Å². The number of aryl methyl sites for hydroxylation is 2. The van der Waals surface area contributed by atoms with E-state index in [0.29, 0.717) is 5.56 Å². The molecule has 1 aliphatic heterocycles. The minimum absolute atomic E-state index is 0.0340. The molecule has 0 N–H and O–H groups in total. The van der Waals surface area contributed by atoms with Crippen molar-refractivity contribution in [2.45, 2.75) is 25.8 Å². The Hall–Kier alpha value is -2.44. The Morgan fingerprint density at radius 3 is 2.57 bits per heavy atom. The van der Waals surface area contributed by atoms with E-state index >= 15 is 0 Å². The Morgan fingerprint density at radius 2 is 2.00 bits per heavy atom. The molecule has 23 heavy (non-hydrogen) atoms. The maximum Gasteiger partial charge on any atom is 0.257 e. The lowest BCUT2D eigenvalue weighted by atomic mass is 10.0. The summed E-state index contributed by atoms with van der Waals surface area (Å²) < 4.78 is 1.65. The number of piperidine rings is 1. The second kappa shape index (κ2) is 6.36. The number of carbonyl (C=O) groups is 1. The molecule has 0 atom stereocenters. The second-order valence-electron chi connectivity index (χ2n) is 6.07. The summed E-state index contributed by atoms with van der Waals surface area (Å²) in [4.78, 5) is 16.6. The molecule has 3 heterocycles. The van der Waals surface area contributed by atoms with Gasteiger partial charge in [-0.15, -0.1) is 5.10 Å². The van der Waals surface area contributed by atoms with Crippen molar-refractivity contribution in [1.82, 2.24) is 24.9 Å². The molecule has 0 saturated carbocycles. The molecule has 2 aromatic rings. The molecule has 0 aliphatic carbocycles. The number of aromatic nitrogens is 4. The summed E-state index contributed by atoms with van der Waals surface area (Å²) in [5, 5.41) is 12.4. The van der Waals surface area contributed by atoms with E-state index in [1.165, 1.54) is 0 Å². The molecule has 1 fully saturated rings. The summed E-state index contributed by atoms with van der Waals surface area (Å²) in [7, 11) is 3.69. The average Bonchev–Trinajstić information content (AvgIpc) is 3.01. The lowest BCUT2D eigenvalue weighted by Gasteiger charge is -2.37. The van der Waals surface area contributed by atoms with Crippen LogP contribution in [0.3, 0.4) is 0 Å². The number of hydrogen-bond donors (Lipinski definition) is 0. The van der Waals surface area contributed by atoms with Crippen molar-refractivity contribution in [2.24, 2.45) is 7.05 Å². The summed E-state index contributed by atoms with van der Waals surface area (Å²) in [5.74, 6) is 0.946. The van der Waals surface area contributed by atoms with Gasteiger partial charge in [-0.25, -0.2) is 0 Å². The van der Waals surface area contributed by atoms with Crippen LogP contribution in [0.5, 0.6) is 0 Å². The molecule has 1 saturated heterocycles. The molecule has 1 aliphatic rings. The summed E-state index contributed by atoms with van der Waals surface area (Å²) >= 11 is 0. The second-order valence-corrected chi connectivity index (χ2v) is 6.07. The van der Waals surface area contributed by atoms with Gasteiger partial charge < -0.3 is 9.80 Å². The van der Waals surface area contributed by atoms with E-state index in [1.807, 2.05) is 38.1 Å². The minimum Gasteiger partial charge on any atom is -0.355 e. The van der Waals surface area contributed by atoms with Crippen molar-refractivity contribution < 1.29 is 4.79 Å². The number of rotatable bonds is 3. The number of amides is 1. The quantitative estimate of drug-likeness (QED) is 0.853. The van der Waals surface area contributed by atoms with Crippen LogP contribution in [0.4, 0.5) is 5.82 Å². The van der Waals surface area contributed by atoms with Crippen molar-refractivity contribution in [1.29, 1.82) is 0 Å². The van der Waals surface area contributed by atoms with Crippen LogP contribution in [0.2, 0.25) is 0 Å². The van der Waals surface area contributed by atoms with Gasteiger partial charge in [-0.2, -0.15) is 10.2 Å². The van der Waals surface area contributed by atoms with Crippen LogP contribution in [0.15, 0.2) is 24.5 Å². The molecule has 0 spiro atoms. The van der Waals surface area contributed by atoms with Crippen LogP contribution >= 0.6 is 0 Å². The average molecular weight is 314 g/mol. The van der Waals surface area contributed by atoms with Gasteiger partial charge in [0.15, 0.2) is 5.82 Å². The molecular weight excluding hydrogens is 292 g/mol. The van der Waals surface area contributed by atoms with Crippen molar-refractivity contribution in [3.05, 3.63) is 35.8 Å².